The number of carboxylic acid groups (broad SMARTS) is 2. The van der Waals surface area contributed by atoms with Crippen molar-refractivity contribution in [2.75, 3.05) is 6.54 Å². The topological polar surface area (TPSA) is 202 Å². The molecule has 33 heavy (non-hydrogen) atoms. The van der Waals surface area contributed by atoms with Crippen molar-refractivity contribution in [3.8, 4) is 0 Å². The Morgan fingerprint density at radius 3 is 2.24 bits per heavy atom. The SMILES string of the molecule is CCCCC(=O)c1ccccc1C(=O)O[C@@H](NC(=O)CCC(N)C(=O)O)C(=O)NCC(=O)O. The molecular weight excluding hydrogens is 438 g/mol. The number of ether oxygens (including phenoxy) is 1. The number of nitrogens with one attached hydrogen (secondary N) is 2. The molecule has 0 bridgehead atoms. The Morgan fingerprint density at radius 1 is 1.03 bits per heavy atom. The monoisotopic (exact) mass is 465 g/mol. The molecule has 0 radical (unpaired) electrons. The molecule has 12 heteroatoms. The lowest BCUT2D eigenvalue weighted by Crippen LogP contribution is -2.50. The third kappa shape index (κ3) is 9.47. The van der Waals surface area contributed by atoms with E-state index in [1.807, 2.05) is 12.2 Å². The summed E-state index contributed by atoms with van der Waals surface area (Å²) in [5, 5.41) is 21.6. The highest BCUT2D eigenvalue weighted by Crippen LogP contribution is 2.15. The summed E-state index contributed by atoms with van der Waals surface area (Å²) >= 11 is 0. The quantitative estimate of drug-likeness (QED) is 0.142. The Labute approximate surface area is 189 Å². The first-order valence-electron chi connectivity index (χ1n) is 10.2. The van der Waals surface area contributed by atoms with Gasteiger partial charge in [-0.15, -0.1) is 0 Å². The second-order valence-electron chi connectivity index (χ2n) is 7.02. The van der Waals surface area contributed by atoms with Crippen LogP contribution in [0.5, 0.6) is 0 Å². The molecule has 2 atom stereocenters. The van der Waals surface area contributed by atoms with Crippen LogP contribution in [0.25, 0.3) is 0 Å². The highest BCUT2D eigenvalue weighted by atomic mass is 16.6. The highest BCUT2D eigenvalue weighted by Gasteiger charge is 2.28. The van der Waals surface area contributed by atoms with Gasteiger partial charge in [0, 0.05) is 18.4 Å². The zero-order valence-corrected chi connectivity index (χ0v) is 18.0. The Morgan fingerprint density at radius 2 is 1.67 bits per heavy atom. The number of nitrogens with two attached hydrogens (primary N) is 1. The Bertz CT molecular complexity index is 901. The number of ketones is 1. The lowest BCUT2D eigenvalue weighted by Gasteiger charge is -2.19. The minimum atomic E-state index is -1.93. The molecule has 0 aliphatic heterocycles. The van der Waals surface area contributed by atoms with Gasteiger partial charge in [0.2, 0.25) is 5.91 Å². The zero-order chi connectivity index (χ0) is 25.0. The van der Waals surface area contributed by atoms with Crippen molar-refractivity contribution in [3.63, 3.8) is 0 Å². The summed E-state index contributed by atoms with van der Waals surface area (Å²) in [6, 6.07) is 4.47. The molecule has 180 valence electrons. The van der Waals surface area contributed by atoms with Gasteiger partial charge in [0.15, 0.2) is 5.78 Å². The number of carboxylic acids is 2. The molecule has 2 amide bonds. The molecule has 0 fully saturated rings. The van der Waals surface area contributed by atoms with Gasteiger partial charge < -0.3 is 31.3 Å². The van der Waals surface area contributed by atoms with Gasteiger partial charge in [-0.1, -0.05) is 31.5 Å². The molecule has 0 aliphatic carbocycles. The lowest BCUT2D eigenvalue weighted by atomic mass is 10.00. The lowest BCUT2D eigenvalue weighted by molar-refractivity contribution is -0.141. The number of hydrogen-bond donors (Lipinski definition) is 5. The number of Topliss-reactive ketones (excluding diaryl/α,β-unsaturated/α-hetero) is 1. The van der Waals surface area contributed by atoms with Gasteiger partial charge >= 0.3 is 17.9 Å². The van der Waals surface area contributed by atoms with Crippen LogP contribution in [-0.2, 0) is 23.9 Å². The zero-order valence-electron chi connectivity index (χ0n) is 18.0. The summed E-state index contributed by atoms with van der Waals surface area (Å²) in [6.45, 7) is 1.10. The Hall–Kier alpha value is -3.80. The van der Waals surface area contributed by atoms with Crippen LogP contribution < -0.4 is 16.4 Å². The molecule has 0 aromatic heterocycles. The van der Waals surface area contributed by atoms with Crippen LogP contribution in [0.4, 0.5) is 0 Å². The molecular formula is C21H27N3O9. The van der Waals surface area contributed by atoms with E-state index >= 15 is 0 Å². The van der Waals surface area contributed by atoms with Crippen LogP contribution in [-0.4, -0.2) is 64.5 Å². The van der Waals surface area contributed by atoms with Crippen LogP contribution in [0.1, 0.15) is 59.7 Å². The summed E-state index contributed by atoms with van der Waals surface area (Å²) in [5.41, 5.74) is 5.29. The van der Waals surface area contributed by atoms with Crippen molar-refractivity contribution in [2.45, 2.75) is 51.3 Å². The van der Waals surface area contributed by atoms with E-state index in [-0.39, 0.29) is 29.8 Å². The average Bonchev–Trinajstić information content (AvgIpc) is 2.78. The minimum Gasteiger partial charge on any atom is -0.480 e. The molecule has 1 aromatic rings. The van der Waals surface area contributed by atoms with Gasteiger partial charge in [-0.05, 0) is 18.9 Å². The number of hydrogen-bond acceptors (Lipinski definition) is 8. The normalized spacial score (nSPS) is 12.2. The predicted molar refractivity (Wildman–Crippen MR) is 113 cm³/mol. The summed E-state index contributed by atoms with van der Waals surface area (Å²) in [6.07, 6.45) is -1.01. The summed E-state index contributed by atoms with van der Waals surface area (Å²) in [5.74, 6) is -6.08. The second kappa shape index (κ2) is 13.6. The number of carbonyl (C=O) groups excluding carboxylic acids is 4. The number of esters is 1. The van der Waals surface area contributed by atoms with Crippen molar-refractivity contribution < 1.29 is 43.7 Å². The largest absolute Gasteiger partial charge is 0.480 e. The maximum absolute atomic E-state index is 12.7. The first-order valence-corrected chi connectivity index (χ1v) is 10.2. The fraction of sp³-hybridized carbons (Fsp3) is 0.429. The van der Waals surface area contributed by atoms with E-state index in [2.05, 4.69) is 5.32 Å². The first kappa shape index (κ1) is 27.2. The van der Waals surface area contributed by atoms with Crippen LogP contribution in [0, 0.1) is 0 Å². The molecule has 6 N–H and O–H groups in total. The van der Waals surface area contributed by atoms with Crippen LogP contribution in [0.15, 0.2) is 24.3 Å². The summed E-state index contributed by atoms with van der Waals surface area (Å²) in [4.78, 5) is 71.1. The molecule has 1 rings (SSSR count). The Kier molecular flexibility index (Phi) is 11.2. The summed E-state index contributed by atoms with van der Waals surface area (Å²) < 4.78 is 5.08. The van der Waals surface area contributed by atoms with Crippen molar-refractivity contribution in [2.24, 2.45) is 5.73 Å². The Balaban J connectivity index is 3.01. The predicted octanol–water partition coefficient (Wildman–Crippen LogP) is 0.0515. The molecule has 0 spiro atoms. The van der Waals surface area contributed by atoms with E-state index in [1.165, 1.54) is 18.2 Å². The first-order chi connectivity index (χ1) is 15.6. The maximum atomic E-state index is 12.7. The molecule has 1 aromatic carbocycles. The number of unbranched alkanes of at least 4 members (excludes halogenated alkanes) is 1. The fourth-order valence-electron chi connectivity index (χ4n) is 2.58. The van der Waals surface area contributed by atoms with Gasteiger partial charge in [-0.2, -0.15) is 0 Å². The smallest absolute Gasteiger partial charge is 0.341 e. The number of benzene rings is 1. The third-order valence-corrected chi connectivity index (χ3v) is 4.37. The van der Waals surface area contributed by atoms with E-state index in [4.69, 9.17) is 20.7 Å². The molecule has 0 heterocycles. The van der Waals surface area contributed by atoms with Gasteiger partial charge in [0.05, 0.1) is 5.56 Å². The van der Waals surface area contributed by atoms with Crippen LogP contribution >= 0.6 is 0 Å². The molecule has 0 aliphatic rings. The van der Waals surface area contributed by atoms with Gasteiger partial charge in [-0.25, -0.2) is 4.79 Å². The summed E-state index contributed by atoms with van der Waals surface area (Å²) in [7, 11) is 0. The highest BCUT2D eigenvalue weighted by molar-refractivity contribution is 6.06. The van der Waals surface area contributed by atoms with Crippen LogP contribution in [0.2, 0.25) is 0 Å². The minimum absolute atomic E-state index is 0.0828. The van der Waals surface area contributed by atoms with Crippen molar-refractivity contribution in [1.82, 2.24) is 10.6 Å². The average molecular weight is 465 g/mol. The van der Waals surface area contributed by atoms with E-state index in [9.17, 15) is 28.8 Å². The fourth-order valence-corrected chi connectivity index (χ4v) is 2.58. The number of amides is 2. The van der Waals surface area contributed by atoms with Crippen LogP contribution in [0.3, 0.4) is 0 Å². The molecule has 0 saturated carbocycles. The number of rotatable bonds is 14. The van der Waals surface area contributed by atoms with Gasteiger partial charge in [0.1, 0.15) is 12.6 Å². The molecule has 12 nitrogen and oxygen atoms in total. The van der Waals surface area contributed by atoms with E-state index in [1.54, 1.807) is 6.07 Å². The third-order valence-electron chi connectivity index (χ3n) is 4.37. The number of aliphatic carboxylic acids is 2. The van der Waals surface area contributed by atoms with E-state index in [0.717, 1.165) is 6.42 Å². The maximum Gasteiger partial charge on any atom is 0.341 e. The van der Waals surface area contributed by atoms with E-state index in [0.29, 0.717) is 6.42 Å². The second-order valence-corrected chi connectivity index (χ2v) is 7.02. The van der Waals surface area contributed by atoms with Gasteiger partial charge in [0.25, 0.3) is 12.1 Å². The van der Waals surface area contributed by atoms with Crippen molar-refractivity contribution >= 4 is 35.5 Å². The van der Waals surface area contributed by atoms with Crippen molar-refractivity contribution in [1.29, 1.82) is 0 Å². The van der Waals surface area contributed by atoms with Crippen molar-refractivity contribution in [3.05, 3.63) is 35.4 Å². The van der Waals surface area contributed by atoms with E-state index < -0.39 is 55.0 Å². The molecule has 0 saturated heterocycles. The van der Waals surface area contributed by atoms with Gasteiger partial charge in [-0.3, -0.25) is 24.0 Å². The molecule has 1 unspecified atom stereocenters. The number of carbonyl (C=O) groups is 6. The standard InChI is InChI=1S/C21H27N3O9/c1-2-3-8-15(25)12-6-4-5-7-13(12)21(32)33-19(18(29)23-11-17(27)28)24-16(26)10-9-14(22)20(30)31/h4-7,14,19H,2-3,8-11,22H2,1H3,(H,23,29)(H,24,26)(H,27,28)(H,30,31)/t14?,19-/m1/s1.